The molecule has 0 saturated carbocycles. The Labute approximate surface area is 119 Å². The van der Waals surface area contributed by atoms with Crippen LogP contribution in [0.5, 0.6) is 0 Å². The zero-order valence-corrected chi connectivity index (χ0v) is 12.5. The number of amides is 1. The van der Waals surface area contributed by atoms with Crippen molar-refractivity contribution in [3.05, 3.63) is 0 Å². The third-order valence-electron chi connectivity index (χ3n) is 3.30. The Morgan fingerprint density at radius 1 is 1.35 bits per heavy atom. The van der Waals surface area contributed by atoms with Gasteiger partial charge < -0.3 is 10.0 Å². The van der Waals surface area contributed by atoms with E-state index in [4.69, 9.17) is 5.26 Å². The summed E-state index contributed by atoms with van der Waals surface area (Å²) in [7, 11) is 0. The maximum Gasteiger partial charge on any atom is 0.223 e. The van der Waals surface area contributed by atoms with Gasteiger partial charge >= 0.3 is 0 Å². The summed E-state index contributed by atoms with van der Waals surface area (Å²) in [4.78, 5) is 29.8. The van der Waals surface area contributed by atoms with E-state index >= 15 is 0 Å². The van der Waals surface area contributed by atoms with Crippen LogP contribution in [-0.4, -0.2) is 52.3 Å². The fraction of sp³-hybridized carbons (Fsp3) is 0.857. The van der Waals surface area contributed by atoms with Gasteiger partial charge in [0.1, 0.15) is 0 Å². The molecule has 0 aromatic rings. The molecule has 6 heteroatoms. The van der Waals surface area contributed by atoms with Gasteiger partial charge in [-0.2, -0.15) is 0 Å². The van der Waals surface area contributed by atoms with Gasteiger partial charge in [-0.25, -0.2) is 4.89 Å². The zero-order valence-electron chi connectivity index (χ0n) is 12.5. The van der Waals surface area contributed by atoms with Gasteiger partial charge in [-0.15, -0.1) is 0 Å². The number of hydrogen-bond acceptors (Lipinski definition) is 5. The van der Waals surface area contributed by atoms with Gasteiger partial charge in [-0.05, 0) is 11.8 Å². The molecule has 6 nitrogen and oxygen atoms in total. The summed E-state index contributed by atoms with van der Waals surface area (Å²) >= 11 is 0. The number of rotatable bonds is 6. The van der Waals surface area contributed by atoms with Gasteiger partial charge in [0.05, 0.1) is 18.8 Å². The number of hydrogen-bond donors (Lipinski definition) is 2. The van der Waals surface area contributed by atoms with Gasteiger partial charge in [0.2, 0.25) is 5.91 Å². The molecule has 0 aromatic heterocycles. The lowest BCUT2D eigenvalue weighted by Crippen LogP contribution is -2.41. The van der Waals surface area contributed by atoms with Crippen LogP contribution in [0.2, 0.25) is 0 Å². The summed E-state index contributed by atoms with van der Waals surface area (Å²) in [5.41, 5.74) is -0.135. The van der Waals surface area contributed by atoms with E-state index in [0.717, 1.165) is 0 Å². The lowest BCUT2D eigenvalue weighted by molar-refractivity contribution is -0.242. The highest BCUT2D eigenvalue weighted by Gasteiger charge is 2.39. The number of likely N-dealkylation sites (tertiary alicyclic amines) is 1. The van der Waals surface area contributed by atoms with Gasteiger partial charge in [-0.3, -0.25) is 14.8 Å². The second kappa shape index (κ2) is 7.15. The molecule has 0 spiro atoms. The molecule has 1 heterocycles. The molecule has 0 aliphatic carbocycles. The highest BCUT2D eigenvalue weighted by Crippen LogP contribution is 2.26. The molecule has 20 heavy (non-hydrogen) atoms. The average Bonchev–Trinajstić information content (AvgIpc) is 2.69. The third kappa shape index (κ3) is 5.19. The van der Waals surface area contributed by atoms with Gasteiger partial charge in [0, 0.05) is 25.8 Å². The van der Waals surface area contributed by atoms with Crippen LogP contribution in [0.3, 0.4) is 0 Å². The molecule has 116 valence electrons. The van der Waals surface area contributed by atoms with Crippen molar-refractivity contribution in [2.24, 2.45) is 5.41 Å². The molecule has 2 N–H and O–H groups in total. The Hall–Kier alpha value is -0.980. The monoisotopic (exact) mass is 287 g/mol. The first-order valence-electron chi connectivity index (χ1n) is 7.01. The van der Waals surface area contributed by atoms with Crippen molar-refractivity contribution >= 4 is 11.7 Å². The Morgan fingerprint density at radius 3 is 2.55 bits per heavy atom. The summed E-state index contributed by atoms with van der Waals surface area (Å²) in [5, 5.41) is 18.0. The first kappa shape index (κ1) is 17.1. The van der Waals surface area contributed by atoms with Crippen molar-refractivity contribution in [2.45, 2.75) is 58.6 Å². The molecule has 0 bridgehead atoms. The molecule has 2 unspecified atom stereocenters. The van der Waals surface area contributed by atoms with Crippen LogP contribution in [0.25, 0.3) is 0 Å². The number of β-amino-alcohol motifs (C(OH)–C–C–N with tert-alkyl or cyclic N) is 1. The Balaban J connectivity index is 2.63. The number of Topliss-reactive ketones (excluding diaryl/α,β-unsaturated/α-hetero) is 1. The minimum absolute atomic E-state index is 0.000748. The highest BCUT2D eigenvalue weighted by molar-refractivity contribution is 5.90. The summed E-state index contributed by atoms with van der Waals surface area (Å²) < 4.78 is 0. The zero-order chi connectivity index (χ0) is 15.3. The van der Waals surface area contributed by atoms with Crippen LogP contribution in [0.4, 0.5) is 0 Å². The molecule has 0 radical (unpaired) electrons. The van der Waals surface area contributed by atoms with Crippen LogP contribution in [0.15, 0.2) is 0 Å². The number of carbonyl (C=O) groups is 2. The summed E-state index contributed by atoms with van der Waals surface area (Å²) in [6.07, 6.45) is 0.654. The normalized spacial score (nSPS) is 23.1. The van der Waals surface area contributed by atoms with Crippen molar-refractivity contribution < 1.29 is 24.8 Å². The fourth-order valence-electron chi connectivity index (χ4n) is 2.47. The number of ketones is 1. The lowest BCUT2D eigenvalue weighted by Gasteiger charge is -2.26. The third-order valence-corrected chi connectivity index (χ3v) is 3.30. The van der Waals surface area contributed by atoms with Gasteiger partial charge in [-0.1, -0.05) is 20.8 Å². The van der Waals surface area contributed by atoms with Crippen LogP contribution in [0.1, 0.15) is 46.5 Å². The van der Waals surface area contributed by atoms with Gasteiger partial charge in [0.25, 0.3) is 0 Å². The average molecular weight is 287 g/mol. The number of aliphatic hydroxyl groups excluding tert-OH is 1. The summed E-state index contributed by atoms with van der Waals surface area (Å²) in [6.45, 7) is 6.21. The molecule has 1 rings (SSSR count). The first-order valence-corrected chi connectivity index (χ1v) is 7.01. The molecular weight excluding hydrogens is 262 g/mol. The molecule has 1 amide bonds. The topological polar surface area (TPSA) is 87.1 Å². The highest BCUT2D eigenvalue weighted by atomic mass is 17.1. The van der Waals surface area contributed by atoms with Gasteiger partial charge in [0.15, 0.2) is 5.78 Å². The first-order chi connectivity index (χ1) is 9.24. The van der Waals surface area contributed by atoms with Crippen molar-refractivity contribution in [1.82, 2.24) is 4.90 Å². The van der Waals surface area contributed by atoms with E-state index in [9.17, 15) is 14.7 Å². The Kier molecular flexibility index (Phi) is 6.10. The van der Waals surface area contributed by atoms with Crippen molar-refractivity contribution in [2.75, 3.05) is 13.2 Å². The van der Waals surface area contributed by atoms with E-state index in [0.29, 0.717) is 19.3 Å². The van der Waals surface area contributed by atoms with E-state index in [1.165, 1.54) is 4.90 Å². The lowest BCUT2D eigenvalue weighted by atomic mass is 9.87. The number of aliphatic hydroxyl groups is 1. The quantitative estimate of drug-likeness (QED) is 0.436. The minimum Gasteiger partial charge on any atom is -0.391 e. The molecule has 1 saturated heterocycles. The Bertz CT molecular complexity index is 350. The van der Waals surface area contributed by atoms with E-state index < -0.39 is 12.1 Å². The van der Waals surface area contributed by atoms with Crippen LogP contribution >= 0.6 is 0 Å². The maximum absolute atomic E-state index is 12.3. The van der Waals surface area contributed by atoms with E-state index in [1.54, 1.807) is 0 Å². The molecule has 1 aliphatic heterocycles. The largest absolute Gasteiger partial charge is 0.391 e. The second-order valence-electron chi connectivity index (χ2n) is 6.59. The summed E-state index contributed by atoms with van der Waals surface area (Å²) in [5.74, 6) is -0.174. The number of nitrogens with zero attached hydrogens (tertiary/aromatic N) is 1. The SMILES string of the molecule is CC(C)(C)CC(=O)C1CC(O)CN1C(=O)CCCOO. The van der Waals surface area contributed by atoms with Crippen LogP contribution in [0, 0.1) is 5.41 Å². The molecule has 2 atom stereocenters. The minimum atomic E-state index is -0.637. The van der Waals surface area contributed by atoms with Crippen LogP contribution in [-0.2, 0) is 14.5 Å². The summed E-state index contributed by atoms with van der Waals surface area (Å²) in [6, 6.07) is -0.522. The maximum atomic E-state index is 12.3. The van der Waals surface area contributed by atoms with E-state index in [-0.39, 0.29) is 36.7 Å². The smallest absolute Gasteiger partial charge is 0.223 e. The predicted molar refractivity (Wildman–Crippen MR) is 73.0 cm³/mol. The van der Waals surface area contributed by atoms with Crippen molar-refractivity contribution in [3.63, 3.8) is 0 Å². The molecular formula is C14H25NO5. The predicted octanol–water partition coefficient (Wildman–Crippen LogP) is 1.22. The van der Waals surface area contributed by atoms with Crippen molar-refractivity contribution in [1.29, 1.82) is 0 Å². The van der Waals surface area contributed by atoms with Crippen LogP contribution < -0.4 is 0 Å². The molecule has 1 fully saturated rings. The fourth-order valence-corrected chi connectivity index (χ4v) is 2.47. The second-order valence-corrected chi connectivity index (χ2v) is 6.59. The Morgan fingerprint density at radius 2 is 2.00 bits per heavy atom. The van der Waals surface area contributed by atoms with Crippen molar-refractivity contribution in [3.8, 4) is 0 Å². The van der Waals surface area contributed by atoms with E-state index in [1.807, 2.05) is 20.8 Å². The molecule has 0 aromatic carbocycles. The standard InChI is InChI=1S/C14H25NO5/c1-14(2,3)8-12(17)11-7-10(16)9-15(11)13(18)5-4-6-20-19/h10-11,16,19H,4-9H2,1-3H3. The molecule has 1 aliphatic rings. The number of carbonyl (C=O) groups excluding carboxylic acids is 2. The van der Waals surface area contributed by atoms with E-state index in [2.05, 4.69) is 4.89 Å².